The number of carboxylic acids is 1. The minimum absolute atomic E-state index is 0.0424. The van der Waals surface area contributed by atoms with Crippen LogP contribution in [-0.2, 0) is 9.53 Å². The van der Waals surface area contributed by atoms with Crippen LogP contribution in [0.25, 0.3) is 0 Å². The molecule has 0 unspecified atom stereocenters. The molecule has 0 aliphatic carbocycles. The second-order valence-electron chi connectivity index (χ2n) is 2.45. The van der Waals surface area contributed by atoms with Crippen LogP contribution in [0.1, 0.15) is 0 Å². The summed E-state index contributed by atoms with van der Waals surface area (Å²) in [6, 6.07) is -3.76. The van der Waals surface area contributed by atoms with Crippen molar-refractivity contribution in [1.82, 2.24) is 4.90 Å². The molecular weight excluding hydrogens is 172 g/mol. The van der Waals surface area contributed by atoms with Gasteiger partial charge in [-0.1, -0.05) is 0 Å². The Morgan fingerprint density at radius 1 is 1.42 bits per heavy atom. The van der Waals surface area contributed by atoms with Gasteiger partial charge in [0.2, 0.25) is 0 Å². The number of rotatable bonds is 2. The molecule has 1 N–H and O–H groups in total. The Kier molecular flexibility index (Phi) is 2.58. The molecule has 0 atom stereocenters. The van der Waals surface area contributed by atoms with Crippen molar-refractivity contribution >= 4 is 5.97 Å². The van der Waals surface area contributed by atoms with Crippen molar-refractivity contribution in [2.24, 2.45) is 0 Å². The van der Waals surface area contributed by atoms with Crippen molar-refractivity contribution < 1.29 is 23.4 Å². The van der Waals surface area contributed by atoms with Crippen LogP contribution < -0.4 is 0 Å². The smallest absolute Gasteiger partial charge is 0.402 e. The van der Waals surface area contributed by atoms with E-state index >= 15 is 0 Å². The van der Waals surface area contributed by atoms with E-state index in [9.17, 15) is 13.6 Å². The summed E-state index contributed by atoms with van der Waals surface area (Å²) in [6.45, 7) is 0.227. The molecule has 6 heteroatoms. The highest BCUT2D eigenvalue weighted by molar-refractivity contribution is 5.74. The zero-order chi connectivity index (χ0) is 9.19. The number of aliphatic carboxylic acids is 1. The number of halogens is 2. The van der Waals surface area contributed by atoms with E-state index in [0.717, 1.165) is 0 Å². The highest BCUT2D eigenvalue weighted by atomic mass is 19.3. The Morgan fingerprint density at radius 2 is 1.92 bits per heavy atom. The number of carboxylic acid groups (broad SMARTS) is 1. The van der Waals surface area contributed by atoms with Crippen molar-refractivity contribution in [1.29, 1.82) is 0 Å². The van der Waals surface area contributed by atoms with E-state index in [-0.39, 0.29) is 26.3 Å². The largest absolute Gasteiger partial charge is 0.476 e. The quantitative estimate of drug-likeness (QED) is 0.609. The zero-order valence-electron chi connectivity index (χ0n) is 6.30. The second-order valence-corrected chi connectivity index (χ2v) is 2.45. The molecule has 0 spiro atoms. The summed E-state index contributed by atoms with van der Waals surface area (Å²) in [4.78, 5) is 10.7. The fourth-order valence-corrected chi connectivity index (χ4v) is 0.979. The molecule has 1 rings (SSSR count). The van der Waals surface area contributed by atoms with E-state index in [2.05, 4.69) is 0 Å². The number of hydrogen-bond donors (Lipinski definition) is 1. The van der Waals surface area contributed by atoms with E-state index in [0.29, 0.717) is 4.90 Å². The van der Waals surface area contributed by atoms with Crippen LogP contribution in [-0.4, -0.2) is 48.3 Å². The fourth-order valence-electron chi connectivity index (χ4n) is 0.979. The summed E-state index contributed by atoms with van der Waals surface area (Å²) in [5.74, 6) is -2.11. The Labute approximate surface area is 67.7 Å². The van der Waals surface area contributed by atoms with Gasteiger partial charge < -0.3 is 9.84 Å². The Bertz CT molecular complexity index is 180. The summed E-state index contributed by atoms with van der Waals surface area (Å²) in [6.07, 6.45) is 0. The lowest BCUT2D eigenvalue weighted by atomic mass is 10.4. The first-order valence-corrected chi connectivity index (χ1v) is 3.49. The predicted octanol–water partition coefficient (Wildman–Crippen LogP) is -0.00400. The average molecular weight is 181 g/mol. The number of morpholine rings is 1. The van der Waals surface area contributed by atoms with Crippen molar-refractivity contribution in [2.45, 2.75) is 6.05 Å². The van der Waals surface area contributed by atoms with Gasteiger partial charge in [0.05, 0.1) is 13.2 Å². The van der Waals surface area contributed by atoms with Crippen LogP contribution in [0.4, 0.5) is 8.78 Å². The predicted molar refractivity (Wildman–Crippen MR) is 35.0 cm³/mol. The molecule has 0 aromatic heterocycles. The van der Waals surface area contributed by atoms with Gasteiger partial charge in [-0.05, 0) is 0 Å². The fraction of sp³-hybridized carbons (Fsp3) is 0.833. The number of alkyl halides is 2. The van der Waals surface area contributed by atoms with Gasteiger partial charge in [-0.15, -0.1) is 0 Å². The molecule has 12 heavy (non-hydrogen) atoms. The SMILES string of the molecule is O=C(O)C(F)(F)N1CCOCC1. The molecule has 70 valence electrons. The van der Waals surface area contributed by atoms with Crippen LogP contribution in [0.3, 0.4) is 0 Å². The molecule has 1 saturated heterocycles. The standard InChI is InChI=1S/C6H9F2NO3/c7-6(8,5(10)11)9-1-3-12-4-2-9/h1-4H2,(H,10,11). The summed E-state index contributed by atoms with van der Waals surface area (Å²) < 4.78 is 30.2. The maximum absolute atomic E-state index is 12.7. The second kappa shape index (κ2) is 3.32. The van der Waals surface area contributed by atoms with Crippen molar-refractivity contribution in [2.75, 3.05) is 26.3 Å². The molecule has 1 fully saturated rings. The van der Waals surface area contributed by atoms with Crippen molar-refractivity contribution in [3.8, 4) is 0 Å². The minimum Gasteiger partial charge on any atom is -0.476 e. The van der Waals surface area contributed by atoms with Crippen LogP contribution in [0.5, 0.6) is 0 Å². The number of carbonyl (C=O) groups is 1. The molecule has 1 heterocycles. The van der Waals surface area contributed by atoms with Gasteiger partial charge >= 0.3 is 12.0 Å². The van der Waals surface area contributed by atoms with Crippen LogP contribution in [0.15, 0.2) is 0 Å². The van der Waals surface area contributed by atoms with Gasteiger partial charge in [-0.2, -0.15) is 8.78 Å². The molecular formula is C6H9F2NO3. The molecule has 4 nitrogen and oxygen atoms in total. The molecule has 1 aliphatic heterocycles. The van der Waals surface area contributed by atoms with Crippen LogP contribution in [0, 0.1) is 0 Å². The molecule has 0 bridgehead atoms. The first-order chi connectivity index (χ1) is 5.55. The van der Waals surface area contributed by atoms with E-state index < -0.39 is 12.0 Å². The first-order valence-electron chi connectivity index (χ1n) is 3.49. The third-order valence-corrected chi connectivity index (χ3v) is 1.67. The summed E-state index contributed by atoms with van der Waals surface area (Å²) in [7, 11) is 0. The molecule has 0 aromatic rings. The van der Waals surface area contributed by atoms with Crippen LogP contribution in [0.2, 0.25) is 0 Å². The lowest BCUT2D eigenvalue weighted by Gasteiger charge is -2.30. The lowest BCUT2D eigenvalue weighted by molar-refractivity contribution is -0.206. The highest BCUT2D eigenvalue weighted by Crippen LogP contribution is 2.20. The molecule has 0 amide bonds. The van der Waals surface area contributed by atoms with Gasteiger partial charge in [0.1, 0.15) is 0 Å². The van der Waals surface area contributed by atoms with E-state index in [1.54, 1.807) is 0 Å². The average Bonchev–Trinajstić information content (AvgIpc) is 2.06. The number of hydrogen-bond acceptors (Lipinski definition) is 3. The maximum atomic E-state index is 12.7. The van der Waals surface area contributed by atoms with E-state index in [4.69, 9.17) is 9.84 Å². The molecule has 0 aromatic carbocycles. The van der Waals surface area contributed by atoms with Crippen LogP contribution >= 0.6 is 0 Å². The first kappa shape index (κ1) is 9.34. The summed E-state index contributed by atoms with van der Waals surface area (Å²) in [5, 5.41) is 8.16. The molecule has 0 radical (unpaired) electrons. The third-order valence-electron chi connectivity index (χ3n) is 1.67. The monoisotopic (exact) mass is 181 g/mol. The zero-order valence-corrected chi connectivity index (χ0v) is 6.30. The van der Waals surface area contributed by atoms with Gasteiger partial charge in [-0.25, -0.2) is 9.69 Å². The minimum atomic E-state index is -3.76. The van der Waals surface area contributed by atoms with Gasteiger partial charge in [0, 0.05) is 13.1 Å². The van der Waals surface area contributed by atoms with Crippen molar-refractivity contribution in [3.63, 3.8) is 0 Å². The summed E-state index contributed by atoms with van der Waals surface area (Å²) >= 11 is 0. The maximum Gasteiger partial charge on any atom is 0.402 e. The summed E-state index contributed by atoms with van der Waals surface area (Å²) in [5.41, 5.74) is 0. The Morgan fingerprint density at radius 3 is 2.33 bits per heavy atom. The topological polar surface area (TPSA) is 49.8 Å². The van der Waals surface area contributed by atoms with E-state index in [1.165, 1.54) is 0 Å². The van der Waals surface area contributed by atoms with Gasteiger partial charge in [0.25, 0.3) is 0 Å². The molecule has 0 saturated carbocycles. The van der Waals surface area contributed by atoms with Crippen molar-refractivity contribution in [3.05, 3.63) is 0 Å². The Hall–Kier alpha value is -0.750. The van der Waals surface area contributed by atoms with E-state index in [1.807, 2.05) is 0 Å². The number of ether oxygens (including phenoxy) is 1. The molecule has 1 aliphatic rings. The highest BCUT2D eigenvalue weighted by Gasteiger charge is 2.45. The lowest BCUT2D eigenvalue weighted by Crippen LogP contribution is -2.52. The number of nitrogens with zero attached hydrogens (tertiary/aromatic N) is 1. The van der Waals surface area contributed by atoms with Gasteiger partial charge in [0.15, 0.2) is 0 Å². The Balaban J connectivity index is 2.59. The third kappa shape index (κ3) is 1.70. The van der Waals surface area contributed by atoms with Gasteiger partial charge in [-0.3, -0.25) is 0 Å². The normalized spacial score (nSPS) is 20.8.